The third-order valence-electron chi connectivity index (χ3n) is 3.21. The molecule has 1 rings (SSSR count). The van der Waals surface area contributed by atoms with Crippen LogP contribution in [0, 0.1) is 11.3 Å². The molecule has 0 radical (unpaired) electrons. The molecule has 6 heteroatoms. The van der Waals surface area contributed by atoms with Crippen molar-refractivity contribution < 1.29 is 44.3 Å². The van der Waals surface area contributed by atoms with Crippen molar-refractivity contribution in [3.63, 3.8) is 0 Å². The van der Waals surface area contributed by atoms with Crippen LogP contribution in [0.2, 0.25) is 0 Å². The monoisotopic (exact) mass is 295 g/mol. The first-order valence-corrected chi connectivity index (χ1v) is 6.66. The first kappa shape index (κ1) is 19.0. The minimum absolute atomic E-state index is 0. The molecule has 2 atom stereocenters. The van der Waals surface area contributed by atoms with E-state index in [4.69, 9.17) is 11.6 Å². The second-order valence-electron chi connectivity index (χ2n) is 5.31. The van der Waals surface area contributed by atoms with E-state index in [9.17, 15) is 14.7 Å². The number of aliphatic carboxylic acids is 1. The van der Waals surface area contributed by atoms with Crippen molar-refractivity contribution in [1.29, 1.82) is 0 Å². The third-order valence-corrected chi connectivity index (χ3v) is 3.48. The topological polar surface area (TPSA) is 69.2 Å². The average molecular weight is 296 g/mol. The molecule has 0 aromatic rings. The molecule has 0 aliphatic heterocycles. The number of alkyl halides is 1. The predicted molar refractivity (Wildman–Crippen MR) is 67.9 cm³/mol. The van der Waals surface area contributed by atoms with Crippen molar-refractivity contribution in [2.75, 3.05) is 5.88 Å². The van der Waals surface area contributed by atoms with Gasteiger partial charge in [-0.2, -0.15) is 0 Å². The zero-order valence-corrected chi connectivity index (χ0v) is 14.5. The van der Waals surface area contributed by atoms with E-state index in [1.54, 1.807) is 6.08 Å². The summed E-state index contributed by atoms with van der Waals surface area (Å²) in [5.41, 5.74) is -0.0110. The van der Waals surface area contributed by atoms with Gasteiger partial charge in [-0.3, -0.25) is 4.79 Å². The number of halogens is 1. The van der Waals surface area contributed by atoms with Crippen molar-refractivity contribution in [3.05, 3.63) is 12.2 Å². The van der Waals surface area contributed by atoms with E-state index in [-0.39, 0.29) is 46.8 Å². The largest absolute Gasteiger partial charge is 1.00 e. The van der Waals surface area contributed by atoms with Crippen molar-refractivity contribution in [1.82, 2.24) is 5.32 Å². The SMILES string of the molecule is CC1(C)C[C@@H]1C(=O)NC(/C=C/CCCCl)C(=O)[O-].[Na+]. The Labute approximate surface area is 141 Å². The third kappa shape index (κ3) is 6.30. The van der Waals surface area contributed by atoms with Gasteiger partial charge in [0, 0.05) is 11.8 Å². The summed E-state index contributed by atoms with van der Waals surface area (Å²) in [6, 6.07) is -1.05. The van der Waals surface area contributed by atoms with Crippen LogP contribution in [0.15, 0.2) is 12.2 Å². The molecule has 0 aromatic carbocycles. The molecule has 0 spiro atoms. The van der Waals surface area contributed by atoms with Crippen LogP contribution in [0.3, 0.4) is 0 Å². The Hall–Kier alpha value is -0.0300. The summed E-state index contributed by atoms with van der Waals surface area (Å²) >= 11 is 5.51. The molecule has 1 aliphatic rings. The van der Waals surface area contributed by atoms with E-state index in [2.05, 4.69) is 5.32 Å². The summed E-state index contributed by atoms with van der Waals surface area (Å²) in [6.07, 6.45) is 5.43. The summed E-state index contributed by atoms with van der Waals surface area (Å²) in [4.78, 5) is 22.7. The first-order valence-electron chi connectivity index (χ1n) is 6.12. The molecule has 1 saturated carbocycles. The fourth-order valence-corrected chi connectivity index (χ4v) is 1.94. The number of unbranched alkanes of at least 4 members (excludes halogenated alkanes) is 1. The Morgan fingerprint density at radius 2 is 2.11 bits per heavy atom. The maximum absolute atomic E-state index is 11.8. The molecule has 1 N–H and O–H groups in total. The number of amides is 1. The van der Waals surface area contributed by atoms with Gasteiger partial charge in [-0.25, -0.2) is 0 Å². The molecule has 4 nitrogen and oxygen atoms in total. The Kier molecular flexibility index (Phi) is 8.29. The molecule has 0 saturated heterocycles. The van der Waals surface area contributed by atoms with Gasteiger partial charge in [-0.15, -0.1) is 11.6 Å². The van der Waals surface area contributed by atoms with Crippen molar-refractivity contribution in [2.24, 2.45) is 11.3 Å². The number of allylic oxidation sites excluding steroid dienone is 1. The zero-order chi connectivity index (χ0) is 13.8. The molecule has 0 aromatic heterocycles. The van der Waals surface area contributed by atoms with Crippen LogP contribution in [0.25, 0.3) is 0 Å². The van der Waals surface area contributed by atoms with Crippen LogP contribution in [-0.4, -0.2) is 23.8 Å². The number of hydrogen-bond acceptors (Lipinski definition) is 3. The van der Waals surface area contributed by atoms with Gasteiger partial charge in [0.05, 0.1) is 12.0 Å². The van der Waals surface area contributed by atoms with Crippen LogP contribution in [0.4, 0.5) is 0 Å². The van der Waals surface area contributed by atoms with Crippen LogP contribution < -0.4 is 40.0 Å². The second-order valence-corrected chi connectivity index (χ2v) is 5.69. The van der Waals surface area contributed by atoms with Gasteiger partial charge in [-0.05, 0) is 24.7 Å². The molecule has 0 bridgehead atoms. The summed E-state index contributed by atoms with van der Waals surface area (Å²) < 4.78 is 0. The molecule has 1 amide bonds. The minimum atomic E-state index is -1.29. The maximum atomic E-state index is 11.8. The van der Waals surface area contributed by atoms with Gasteiger partial charge >= 0.3 is 29.6 Å². The summed E-state index contributed by atoms with van der Waals surface area (Å²) in [5.74, 6) is -1.06. The Morgan fingerprint density at radius 3 is 2.53 bits per heavy atom. The fourth-order valence-electron chi connectivity index (χ4n) is 1.78. The molecular formula is C13H19ClNNaO3. The molecule has 19 heavy (non-hydrogen) atoms. The van der Waals surface area contributed by atoms with E-state index in [0.29, 0.717) is 12.3 Å². The second kappa shape index (κ2) is 8.30. The van der Waals surface area contributed by atoms with Crippen LogP contribution in [-0.2, 0) is 9.59 Å². The van der Waals surface area contributed by atoms with E-state index in [1.165, 1.54) is 6.08 Å². The summed E-state index contributed by atoms with van der Waals surface area (Å²) in [5, 5.41) is 13.4. The Bertz CT molecular complexity index is 358. The van der Waals surface area contributed by atoms with E-state index < -0.39 is 12.0 Å². The van der Waals surface area contributed by atoms with Crippen LogP contribution >= 0.6 is 11.6 Å². The van der Waals surface area contributed by atoms with Gasteiger partial charge in [-0.1, -0.05) is 26.0 Å². The number of nitrogens with one attached hydrogen (secondary N) is 1. The van der Waals surface area contributed by atoms with Crippen molar-refractivity contribution in [2.45, 2.75) is 39.2 Å². The molecular weight excluding hydrogens is 277 g/mol. The molecule has 1 fully saturated rings. The smallest absolute Gasteiger partial charge is 0.548 e. The van der Waals surface area contributed by atoms with Crippen LogP contribution in [0.5, 0.6) is 0 Å². The fraction of sp³-hybridized carbons (Fsp3) is 0.692. The Morgan fingerprint density at radius 1 is 1.53 bits per heavy atom. The van der Waals surface area contributed by atoms with Gasteiger partial charge in [0.1, 0.15) is 0 Å². The zero-order valence-electron chi connectivity index (χ0n) is 11.7. The number of carboxylic acid groups (broad SMARTS) is 1. The minimum Gasteiger partial charge on any atom is -0.548 e. The Balaban J connectivity index is 0.00000324. The molecule has 102 valence electrons. The predicted octanol–water partition coefficient (Wildman–Crippen LogP) is -2.15. The van der Waals surface area contributed by atoms with Gasteiger partial charge < -0.3 is 15.2 Å². The van der Waals surface area contributed by atoms with Gasteiger partial charge in [0.2, 0.25) is 5.91 Å². The summed E-state index contributed by atoms with van der Waals surface area (Å²) in [6.45, 7) is 3.98. The van der Waals surface area contributed by atoms with Crippen molar-refractivity contribution >= 4 is 23.5 Å². The van der Waals surface area contributed by atoms with Crippen LogP contribution in [0.1, 0.15) is 33.1 Å². The normalized spacial score (nSPS) is 21.5. The van der Waals surface area contributed by atoms with Gasteiger partial charge in [0.25, 0.3) is 0 Å². The number of carbonyl (C=O) groups excluding carboxylic acids is 2. The number of rotatable bonds is 7. The standard InChI is InChI=1S/C13H20ClNO3.Na/c1-13(2)8-9(13)11(16)15-10(12(17)18)6-4-3-5-7-14;/h4,6,9-10H,3,5,7-8H2,1-2H3,(H,15,16)(H,17,18);/q;+1/p-1/b6-4+;/t9-,10?;/m1./s1. The van der Waals surface area contributed by atoms with E-state index in [1.807, 2.05) is 13.8 Å². The number of carboxylic acids is 1. The molecule has 1 aliphatic carbocycles. The number of carbonyl (C=O) groups is 2. The maximum Gasteiger partial charge on any atom is 1.00 e. The number of hydrogen-bond donors (Lipinski definition) is 1. The van der Waals surface area contributed by atoms with Gasteiger partial charge in [0.15, 0.2) is 0 Å². The van der Waals surface area contributed by atoms with E-state index >= 15 is 0 Å². The quantitative estimate of drug-likeness (QED) is 0.252. The molecule has 0 heterocycles. The first-order chi connectivity index (χ1) is 8.38. The summed E-state index contributed by atoms with van der Waals surface area (Å²) in [7, 11) is 0. The molecule has 1 unspecified atom stereocenters. The van der Waals surface area contributed by atoms with E-state index in [0.717, 1.165) is 12.8 Å². The average Bonchev–Trinajstić information content (AvgIpc) is 2.92. The van der Waals surface area contributed by atoms with Crippen molar-refractivity contribution in [3.8, 4) is 0 Å².